The van der Waals surface area contributed by atoms with Crippen LogP contribution in [-0.4, -0.2) is 120 Å². The number of nitrogens with one attached hydrogen (secondary N) is 1. The highest BCUT2D eigenvalue weighted by molar-refractivity contribution is 8.77. The summed E-state index contributed by atoms with van der Waals surface area (Å²) in [4.78, 5) is 68.6. The Bertz CT molecular complexity index is 1830. The fraction of sp³-hybridized carbons (Fsp3) is 0.651. The molecule has 1 aromatic carbocycles. The molecule has 0 spiro atoms. The van der Waals surface area contributed by atoms with Gasteiger partial charge in [0.05, 0.1) is 25.3 Å². The zero-order valence-electron chi connectivity index (χ0n) is 36.6. The molecule has 3 aliphatic rings. The molecule has 4 bridgehead atoms. The lowest BCUT2D eigenvalue weighted by Gasteiger charge is -2.42. The number of benzene rings is 1. The second-order valence-electron chi connectivity index (χ2n) is 16.9. The van der Waals surface area contributed by atoms with Gasteiger partial charge in [0.15, 0.2) is 5.72 Å². The molecule has 0 radical (unpaired) electrons. The van der Waals surface area contributed by atoms with Crippen molar-refractivity contribution >= 4 is 68.5 Å². The van der Waals surface area contributed by atoms with E-state index >= 15 is 0 Å². The van der Waals surface area contributed by atoms with E-state index in [4.69, 9.17) is 35.3 Å². The summed E-state index contributed by atoms with van der Waals surface area (Å²) < 4.78 is 29.2. The van der Waals surface area contributed by atoms with Crippen LogP contribution in [0.5, 0.6) is 5.75 Å². The van der Waals surface area contributed by atoms with Gasteiger partial charge in [-0.15, -0.1) is 0 Å². The number of rotatable bonds is 14. The van der Waals surface area contributed by atoms with Gasteiger partial charge in [0.2, 0.25) is 11.8 Å². The fourth-order valence-electron chi connectivity index (χ4n) is 7.43. The Kier molecular flexibility index (Phi) is 17.1. The summed E-state index contributed by atoms with van der Waals surface area (Å²) in [7, 11) is 9.39. The molecule has 14 nitrogen and oxygen atoms in total. The first kappa shape index (κ1) is 49.4. The van der Waals surface area contributed by atoms with E-state index in [2.05, 4.69) is 19.2 Å². The summed E-state index contributed by atoms with van der Waals surface area (Å²) >= 11 is 6.80. The van der Waals surface area contributed by atoms with E-state index < -0.39 is 65.7 Å². The van der Waals surface area contributed by atoms with Crippen molar-refractivity contribution in [2.45, 2.75) is 140 Å². The molecule has 2 saturated heterocycles. The molecule has 334 valence electrons. The van der Waals surface area contributed by atoms with Crippen molar-refractivity contribution in [2.24, 2.45) is 5.92 Å². The quantitative estimate of drug-likeness (QED) is 0.0863. The number of aliphatic hydroxyl groups is 1. The number of methoxy groups -OCH3 is 2. The number of hydrogen-bond acceptors (Lipinski definition) is 13. The maximum atomic E-state index is 14.3. The molecule has 0 saturated carbocycles. The van der Waals surface area contributed by atoms with Crippen LogP contribution in [-0.2, 0) is 44.5 Å². The van der Waals surface area contributed by atoms with Gasteiger partial charge in [0, 0.05) is 56.9 Å². The highest BCUT2D eigenvalue weighted by atomic mass is 35.5. The average Bonchev–Trinajstić information content (AvgIpc) is 3.88. The van der Waals surface area contributed by atoms with Gasteiger partial charge in [-0.2, -0.15) is 0 Å². The van der Waals surface area contributed by atoms with Crippen molar-refractivity contribution in [2.75, 3.05) is 39.0 Å². The molecule has 2 N–H and O–H groups in total. The second-order valence-corrected chi connectivity index (χ2v) is 20.4. The number of anilines is 1. The third kappa shape index (κ3) is 12.4. The Morgan fingerprint density at radius 1 is 1.20 bits per heavy atom. The Morgan fingerprint density at radius 3 is 2.55 bits per heavy atom. The van der Waals surface area contributed by atoms with Gasteiger partial charge < -0.3 is 43.4 Å². The largest absolute Gasteiger partial charge is 0.495 e. The van der Waals surface area contributed by atoms with Gasteiger partial charge in [-0.05, 0) is 78.5 Å². The Balaban J connectivity index is 1.62. The van der Waals surface area contributed by atoms with E-state index in [0.29, 0.717) is 30.7 Å². The standard InChI is InChI=1S/C43H62ClN3O11S2/c1-25-14-12-16-33(55-11)43(53)24-32(56-40(52)45-43)27(3)38-42(7,58-38)34(23-36(50)47(9)30-21-29(20-25)22-31(54-10)37(30)44)57-39(51)28(4)46(8)35(49)17-18-41(5,6)60-59-19-13-15-26(2)48/h12,14,16,21-22,27-28,32-34,38,53H,13,15,17-20,23-24H2,1-11H3,(H,45,52)/b16-12+,25-14+/t27-,28+,32+,33-,34+,38+,42+,43+/m1/s1. The number of ether oxygens (including phenoxy) is 5. The Morgan fingerprint density at radius 2 is 1.90 bits per heavy atom. The third-order valence-electron chi connectivity index (χ3n) is 11.5. The molecular weight excluding hydrogens is 834 g/mol. The van der Waals surface area contributed by atoms with Crippen molar-refractivity contribution in [1.82, 2.24) is 10.2 Å². The monoisotopic (exact) mass is 895 g/mol. The molecule has 3 heterocycles. The first-order valence-corrected chi connectivity index (χ1v) is 22.9. The van der Waals surface area contributed by atoms with E-state index in [1.807, 2.05) is 13.0 Å². The minimum Gasteiger partial charge on any atom is -0.495 e. The Labute approximate surface area is 367 Å². The highest BCUT2D eigenvalue weighted by Crippen LogP contribution is 2.49. The van der Waals surface area contributed by atoms with Crippen molar-refractivity contribution in [3.05, 3.63) is 46.5 Å². The Hall–Kier alpha value is -3.28. The average molecular weight is 897 g/mol. The number of carbonyl (C=O) groups excluding carboxylic acids is 5. The van der Waals surface area contributed by atoms with E-state index in [9.17, 15) is 29.1 Å². The number of ketones is 1. The number of nitrogens with zero attached hydrogens (tertiary/aromatic N) is 2. The summed E-state index contributed by atoms with van der Waals surface area (Å²) in [6.07, 6.45) is 2.93. The molecule has 0 unspecified atom stereocenters. The van der Waals surface area contributed by atoms with E-state index in [1.54, 1.807) is 87.7 Å². The van der Waals surface area contributed by atoms with E-state index in [0.717, 1.165) is 23.3 Å². The molecule has 3 aliphatic heterocycles. The number of epoxide rings is 1. The van der Waals surface area contributed by atoms with Gasteiger partial charge in [0.25, 0.3) is 0 Å². The van der Waals surface area contributed by atoms with Crippen LogP contribution in [0.1, 0.15) is 92.6 Å². The number of amides is 3. The molecule has 0 aliphatic carbocycles. The lowest BCUT2D eigenvalue weighted by atomic mass is 9.83. The van der Waals surface area contributed by atoms with Crippen LogP contribution in [0.3, 0.4) is 0 Å². The first-order valence-electron chi connectivity index (χ1n) is 20.2. The highest BCUT2D eigenvalue weighted by Gasteiger charge is 2.64. The lowest BCUT2D eigenvalue weighted by Crippen LogP contribution is -2.63. The minimum atomic E-state index is -1.84. The van der Waals surface area contributed by atoms with Crippen LogP contribution in [0.15, 0.2) is 35.9 Å². The predicted octanol–water partition coefficient (Wildman–Crippen LogP) is 6.82. The van der Waals surface area contributed by atoms with Crippen molar-refractivity contribution in [3.63, 3.8) is 0 Å². The van der Waals surface area contributed by atoms with Crippen LogP contribution < -0.4 is 15.0 Å². The molecule has 0 aromatic heterocycles. The topological polar surface area (TPSA) is 174 Å². The zero-order valence-corrected chi connectivity index (χ0v) is 39.0. The number of Topliss-reactive ketones (excluding diaryl/α,β-unsaturated/α-hetero) is 1. The summed E-state index contributed by atoms with van der Waals surface area (Å²) in [5.41, 5.74) is -0.966. The zero-order chi connectivity index (χ0) is 44.7. The van der Waals surface area contributed by atoms with Crippen LogP contribution in [0, 0.1) is 5.92 Å². The molecule has 60 heavy (non-hydrogen) atoms. The minimum absolute atomic E-state index is 0.0601. The summed E-state index contributed by atoms with van der Waals surface area (Å²) in [5, 5.41) is 14.5. The number of fused-ring (bicyclic) bond motifs is 5. The van der Waals surface area contributed by atoms with Crippen LogP contribution in [0.4, 0.5) is 10.5 Å². The number of allylic oxidation sites excluding steroid dienone is 3. The predicted molar refractivity (Wildman–Crippen MR) is 234 cm³/mol. The molecule has 2 fully saturated rings. The maximum absolute atomic E-state index is 14.3. The number of esters is 1. The van der Waals surface area contributed by atoms with Gasteiger partial charge >= 0.3 is 12.1 Å². The molecule has 4 rings (SSSR count). The van der Waals surface area contributed by atoms with Crippen molar-refractivity contribution < 1.29 is 52.8 Å². The molecule has 17 heteroatoms. The number of halogens is 1. The van der Waals surface area contributed by atoms with Crippen LogP contribution >= 0.6 is 33.2 Å². The normalized spacial score (nSPS) is 29.2. The SMILES string of the molecule is COc1cc2cc(c1Cl)N(C)C(=O)C[C@H](OC(=O)[C@H](C)N(C)C(=O)CCC(C)(C)SSCCCC(C)=O)[C@]1(C)O[C@H]1[C@H](C)[C@@H]1C[C@@](O)(NC(=O)O1)[C@H](OC)/C=C/C=C(\C)C2. The number of alkyl carbamates (subject to hydrolysis) is 1. The van der Waals surface area contributed by atoms with Gasteiger partial charge in [-0.1, -0.05) is 63.9 Å². The first-order chi connectivity index (χ1) is 28.0. The second kappa shape index (κ2) is 20.7. The smallest absolute Gasteiger partial charge is 0.409 e. The number of likely N-dealkylation sites (N-methyl/N-ethyl adjacent to an activating group) is 1. The maximum Gasteiger partial charge on any atom is 0.409 e. The van der Waals surface area contributed by atoms with Crippen LogP contribution in [0.2, 0.25) is 5.02 Å². The summed E-state index contributed by atoms with van der Waals surface area (Å²) in [5.74, 6) is -0.603. The number of carbonyl (C=O) groups is 5. The summed E-state index contributed by atoms with van der Waals surface area (Å²) in [6.45, 7) is 12.7. The fourth-order valence-corrected chi connectivity index (χ4v) is 10.4. The van der Waals surface area contributed by atoms with Crippen molar-refractivity contribution in [3.8, 4) is 5.75 Å². The van der Waals surface area contributed by atoms with Crippen molar-refractivity contribution in [1.29, 1.82) is 0 Å². The molecule has 3 amide bonds. The molecule has 1 aromatic rings. The molecule has 8 atom stereocenters. The van der Waals surface area contributed by atoms with Crippen LogP contribution in [0.25, 0.3) is 0 Å². The number of hydrogen-bond donors (Lipinski definition) is 2. The van der Waals surface area contributed by atoms with E-state index in [1.165, 1.54) is 24.0 Å². The molecular formula is C43H62ClN3O11S2. The van der Waals surface area contributed by atoms with Gasteiger partial charge in [0.1, 0.15) is 46.5 Å². The van der Waals surface area contributed by atoms with Gasteiger partial charge in [-0.25, -0.2) is 9.59 Å². The summed E-state index contributed by atoms with van der Waals surface area (Å²) in [6, 6.07) is 2.58. The van der Waals surface area contributed by atoms with E-state index in [-0.39, 0.29) is 40.7 Å². The lowest BCUT2D eigenvalue weighted by molar-refractivity contribution is -0.162. The van der Waals surface area contributed by atoms with Gasteiger partial charge in [-0.3, -0.25) is 14.9 Å². The third-order valence-corrected chi connectivity index (χ3v) is 15.3.